The number of benzene rings is 1. The average Bonchev–Trinajstić information content (AvgIpc) is 3.01. The molecule has 2 heterocycles. The Labute approximate surface area is 140 Å². The molecule has 120 valence electrons. The second-order valence-electron chi connectivity index (χ2n) is 6.20. The maximum atomic E-state index is 10.3. The number of allylic oxidation sites excluding steroid dienone is 1. The molecule has 23 heavy (non-hydrogen) atoms. The molecule has 1 atom stereocenters. The summed E-state index contributed by atoms with van der Waals surface area (Å²) in [5, 5.41) is 17.9. The van der Waals surface area contributed by atoms with Gasteiger partial charge in [-0.05, 0) is 37.6 Å². The van der Waals surface area contributed by atoms with Crippen LogP contribution in [0.1, 0.15) is 31.1 Å². The van der Waals surface area contributed by atoms with E-state index in [9.17, 15) is 5.11 Å². The van der Waals surface area contributed by atoms with Crippen LogP contribution < -0.4 is 0 Å². The van der Waals surface area contributed by atoms with E-state index in [0.29, 0.717) is 11.6 Å². The number of aliphatic hydroxyl groups is 1. The van der Waals surface area contributed by atoms with E-state index in [1.165, 1.54) is 0 Å². The maximum Gasteiger partial charge on any atom is 0.150 e. The van der Waals surface area contributed by atoms with E-state index in [2.05, 4.69) is 20.1 Å². The highest BCUT2D eigenvalue weighted by Crippen LogP contribution is 2.34. The summed E-state index contributed by atoms with van der Waals surface area (Å²) in [5.41, 5.74) is 2.11. The predicted octanol–water partition coefficient (Wildman–Crippen LogP) is 3.26. The Morgan fingerprint density at radius 1 is 1.30 bits per heavy atom. The zero-order valence-corrected chi connectivity index (χ0v) is 13.8. The fraction of sp³-hybridized carbons (Fsp3) is 0.294. The Morgan fingerprint density at radius 3 is 2.65 bits per heavy atom. The van der Waals surface area contributed by atoms with E-state index in [4.69, 9.17) is 11.6 Å². The molecule has 0 bridgehead atoms. The molecule has 0 saturated carbocycles. The molecule has 1 aliphatic rings. The van der Waals surface area contributed by atoms with E-state index in [-0.39, 0.29) is 6.17 Å². The van der Waals surface area contributed by atoms with Crippen LogP contribution in [0.5, 0.6) is 0 Å². The quantitative estimate of drug-likeness (QED) is 0.904. The zero-order valence-electron chi connectivity index (χ0n) is 13.1. The highest BCUT2D eigenvalue weighted by molar-refractivity contribution is 6.30. The van der Waals surface area contributed by atoms with Crippen LogP contribution in [0.15, 0.2) is 47.7 Å². The molecule has 1 aromatic carbocycles. The molecule has 0 aliphatic carbocycles. The Kier molecular flexibility index (Phi) is 4.24. The maximum absolute atomic E-state index is 10.3. The van der Waals surface area contributed by atoms with Crippen LogP contribution in [0.2, 0.25) is 5.02 Å². The summed E-state index contributed by atoms with van der Waals surface area (Å²) in [7, 11) is 0. The summed E-state index contributed by atoms with van der Waals surface area (Å²) in [4.78, 5) is 6.64. The molecular weight excluding hydrogens is 312 g/mol. The molecule has 1 aromatic heterocycles. The van der Waals surface area contributed by atoms with E-state index < -0.39 is 5.60 Å². The Balaban J connectivity index is 2.00. The molecule has 0 amide bonds. The molecule has 2 aromatic rings. The monoisotopic (exact) mass is 330 g/mol. The number of nitrogens with zero attached hydrogens (tertiary/aromatic N) is 3. The van der Waals surface area contributed by atoms with Crippen molar-refractivity contribution >= 4 is 23.5 Å². The highest BCUT2D eigenvalue weighted by Gasteiger charge is 2.30. The number of halogens is 1. The van der Waals surface area contributed by atoms with Crippen LogP contribution in [0.4, 0.5) is 0 Å². The first-order valence-electron chi connectivity index (χ1n) is 7.41. The summed E-state index contributed by atoms with van der Waals surface area (Å²) in [6.45, 7) is 4.02. The number of H-pyrrole nitrogens is 1. The highest BCUT2D eigenvalue weighted by atomic mass is 35.5. The van der Waals surface area contributed by atoms with E-state index >= 15 is 0 Å². The lowest BCUT2D eigenvalue weighted by Crippen LogP contribution is -2.40. The Bertz CT molecular complexity index is 714. The first-order valence-corrected chi connectivity index (χ1v) is 7.79. The predicted molar refractivity (Wildman–Crippen MR) is 92.3 cm³/mol. The third-order valence-electron chi connectivity index (χ3n) is 3.58. The fourth-order valence-corrected chi connectivity index (χ4v) is 2.77. The van der Waals surface area contributed by atoms with Crippen LogP contribution in [0.3, 0.4) is 0 Å². The number of β-amino-alcohol motifs (C(OH)–C–C–N with tert-alkyl or cyclic N) is 1. The topological polar surface area (TPSA) is 64.5 Å². The number of rotatable bonds is 4. The van der Waals surface area contributed by atoms with E-state index in [0.717, 1.165) is 16.8 Å². The lowest BCUT2D eigenvalue weighted by Gasteiger charge is -2.38. The van der Waals surface area contributed by atoms with Gasteiger partial charge in [-0.1, -0.05) is 23.7 Å². The number of nitrogens with one attached hydrogen (secondary N) is 1. The van der Waals surface area contributed by atoms with Gasteiger partial charge in [0.15, 0.2) is 0 Å². The number of hydrogen-bond acceptors (Lipinski definition) is 4. The number of aromatic amines is 1. The van der Waals surface area contributed by atoms with Crippen molar-refractivity contribution in [3.05, 3.63) is 58.9 Å². The van der Waals surface area contributed by atoms with Crippen molar-refractivity contribution in [3.63, 3.8) is 0 Å². The van der Waals surface area contributed by atoms with Crippen LogP contribution >= 0.6 is 11.6 Å². The largest absolute Gasteiger partial charge is 0.389 e. The van der Waals surface area contributed by atoms with Gasteiger partial charge < -0.3 is 10.0 Å². The van der Waals surface area contributed by atoms with Gasteiger partial charge in [0.1, 0.15) is 6.17 Å². The summed E-state index contributed by atoms with van der Waals surface area (Å²) >= 11 is 5.99. The second-order valence-corrected chi connectivity index (χ2v) is 6.64. The molecule has 0 fully saturated rings. The first kappa shape index (κ1) is 15.8. The van der Waals surface area contributed by atoms with Gasteiger partial charge in [0.25, 0.3) is 0 Å². The van der Waals surface area contributed by atoms with Gasteiger partial charge in [0, 0.05) is 35.2 Å². The van der Waals surface area contributed by atoms with Crippen LogP contribution in [0.25, 0.3) is 5.70 Å². The van der Waals surface area contributed by atoms with Crippen LogP contribution in [0, 0.1) is 0 Å². The number of aromatic nitrogens is 2. The molecule has 1 aliphatic heterocycles. The smallest absolute Gasteiger partial charge is 0.150 e. The molecule has 2 N–H and O–H groups in total. The third-order valence-corrected chi connectivity index (χ3v) is 3.83. The summed E-state index contributed by atoms with van der Waals surface area (Å²) in [6.07, 6.45) is 7.10. The molecule has 0 spiro atoms. The second kappa shape index (κ2) is 6.18. The van der Waals surface area contributed by atoms with E-state index in [1.807, 2.05) is 36.5 Å². The number of hydrogen-bond donors (Lipinski definition) is 2. The molecule has 0 saturated heterocycles. The van der Waals surface area contributed by atoms with E-state index in [1.54, 1.807) is 26.3 Å². The van der Waals surface area contributed by atoms with Crippen molar-refractivity contribution in [3.8, 4) is 0 Å². The average molecular weight is 331 g/mol. The molecular formula is C17H19ClN4O. The fourth-order valence-electron chi connectivity index (χ4n) is 2.64. The van der Waals surface area contributed by atoms with Gasteiger partial charge in [0.05, 0.1) is 11.8 Å². The first-order chi connectivity index (χ1) is 10.9. The van der Waals surface area contributed by atoms with Gasteiger partial charge in [-0.2, -0.15) is 5.10 Å². The minimum absolute atomic E-state index is 0.226. The lowest BCUT2D eigenvalue weighted by atomic mass is 10.0. The lowest BCUT2D eigenvalue weighted by molar-refractivity contribution is 0.0432. The van der Waals surface area contributed by atoms with Crippen molar-refractivity contribution in [1.82, 2.24) is 15.1 Å². The molecule has 6 heteroatoms. The van der Waals surface area contributed by atoms with Crippen LogP contribution in [-0.2, 0) is 0 Å². The van der Waals surface area contributed by atoms with Gasteiger partial charge in [0.2, 0.25) is 0 Å². The summed E-state index contributed by atoms with van der Waals surface area (Å²) < 4.78 is 0. The van der Waals surface area contributed by atoms with Gasteiger partial charge in [-0.25, -0.2) is 0 Å². The molecule has 5 nitrogen and oxygen atoms in total. The Morgan fingerprint density at radius 2 is 2.04 bits per heavy atom. The van der Waals surface area contributed by atoms with Crippen molar-refractivity contribution < 1.29 is 5.11 Å². The minimum atomic E-state index is -0.861. The van der Waals surface area contributed by atoms with Crippen molar-refractivity contribution in [1.29, 1.82) is 0 Å². The van der Waals surface area contributed by atoms with Crippen molar-refractivity contribution in [2.24, 2.45) is 4.99 Å². The van der Waals surface area contributed by atoms with Crippen molar-refractivity contribution in [2.75, 3.05) is 6.54 Å². The van der Waals surface area contributed by atoms with Crippen LogP contribution in [-0.4, -0.2) is 38.6 Å². The standard InChI is InChI=1S/C17H19ClN4O/c1-17(2,23)11-22-15(12-3-5-14(18)6-4-12)7-8-19-16(22)13-9-20-21-10-13/h3-10,16,23H,11H2,1-2H3,(H,20,21). The van der Waals surface area contributed by atoms with Gasteiger partial charge in [-0.3, -0.25) is 10.1 Å². The minimum Gasteiger partial charge on any atom is -0.389 e. The number of aliphatic imine (C=N–C) groups is 1. The summed E-state index contributed by atoms with van der Waals surface area (Å²) in [5.74, 6) is 0. The zero-order chi connectivity index (χ0) is 16.4. The normalized spacial score (nSPS) is 18.2. The van der Waals surface area contributed by atoms with Crippen molar-refractivity contribution in [2.45, 2.75) is 25.6 Å². The molecule has 3 rings (SSSR count). The Hall–Kier alpha value is -2.11. The molecule has 1 unspecified atom stereocenters. The third kappa shape index (κ3) is 3.63. The SMILES string of the molecule is CC(C)(O)CN1C(c2ccc(Cl)cc2)=CC=NC1c1cn[nH]c1. The van der Waals surface area contributed by atoms with Gasteiger partial charge >= 0.3 is 0 Å². The van der Waals surface area contributed by atoms with Gasteiger partial charge in [-0.15, -0.1) is 0 Å². The molecule has 0 radical (unpaired) electrons. The summed E-state index contributed by atoms with van der Waals surface area (Å²) in [6, 6.07) is 7.66.